The smallest absolute Gasteiger partial charge is 0.144 e. The highest BCUT2D eigenvalue weighted by molar-refractivity contribution is 9.10. The SMILES string of the molecule is CSc1cc(Br)cc(F)c1Cl. The predicted molar refractivity (Wildman–Crippen MR) is 50.9 cm³/mol. The summed E-state index contributed by atoms with van der Waals surface area (Å²) in [5.74, 6) is -0.384. The van der Waals surface area contributed by atoms with Gasteiger partial charge in [-0.15, -0.1) is 11.8 Å². The van der Waals surface area contributed by atoms with Gasteiger partial charge in [0.05, 0.1) is 5.02 Å². The molecule has 0 saturated heterocycles. The van der Waals surface area contributed by atoms with Crippen molar-refractivity contribution in [2.75, 3.05) is 6.26 Å². The van der Waals surface area contributed by atoms with Crippen LogP contribution in [0.25, 0.3) is 0 Å². The van der Waals surface area contributed by atoms with Crippen LogP contribution in [-0.4, -0.2) is 6.26 Å². The molecule has 0 nitrogen and oxygen atoms in total. The summed E-state index contributed by atoms with van der Waals surface area (Å²) in [6, 6.07) is 3.14. The number of halogens is 3. The van der Waals surface area contributed by atoms with Crippen LogP contribution in [0.15, 0.2) is 21.5 Å². The van der Waals surface area contributed by atoms with Crippen molar-refractivity contribution in [1.82, 2.24) is 0 Å². The average Bonchev–Trinajstić information content (AvgIpc) is 1.96. The first-order valence-electron chi connectivity index (χ1n) is 2.83. The molecule has 0 saturated carbocycles. The number of thioether (sulfide) groups is 1. The molecule has 0 heterocycles. The molecule has 0 unspecified atom stereocenters. The Balaban J connectivity index is 3.24. The monoisotopic (exact) mass is 254 g/mol. The van der Waals surface area contributed by atoms with E-state index < -0.39 is 0 Å². The van der Waals surface area contributed by atoms with Crippen LogP contribution in [0.5, 0.6) is 0 Å². The molecule has 0 spiro atoms. The molecule has 11 heavy (non-hydrogen) atoms. The molecule has 0 atom stereocenters. The quantitative estimate of drug-likeness (QED) is 0.541. The molecule has 1 aromatic rings. The number of benzene rings is 1. The van der Waals surface area contributed by atoms with Gasteiger partial charge >= 0.3 is 0 Å². The number of hydrogen-bond donors (Lipinski definition) is 0. The van der Waals surface area contributed by atoms with Crippen molar-refractivity contribution in [2.45, 2.75) is 4.90 Å². The Kier molecular flexibility index (Phi) is 3.22. The van der Waals surface area contributed by atoms with Gasteiger partial charge in [-0.2, -0.15) is 0 Å². The van der Waals surface area contributed by atoms with Crippen molar-refractivity contribution in [3.05, 3.63) is 27.4 Å². The van der Waals surface area contributed by atoms with Crippen LogP contribution >= 0.6 is 39.3 Å². The largest absolute Gasteiger partial charge is 0.205 e. The van der Waals surface area contributed by atoms with E-state index in [0.29, 0.717) is 4.47 Å². The molecule has 0 aromatic heterocycles. The fourth-order valence-corrected chi connectivity index (χ4v) is 2.12. The molecule has 0 amide bonds. The zero-order chi connectivity index (χ0) is 8.43. The first-order chi connectivity index (χ1) is 5.15. The van der Waals surface area contributed by atoms with Crippen LogP contribution in [0.1, 0.15) is 0 Å². The lowest BCUT2D eigenvalue weighted by Gasteiger charge is -2.01. The molecular formula is C7H5BrClFS. The highest BCUT2D eigenvalue weighted by Crippen LogP contribution is 2.30. The molecule has 0 aliphatic heterocycles. The van der Waals surface area contributed by atoms with Gasteiger partial charge in [0.2, 0.25) is 0 Å². The van der Waals surface area contributed by atoms with Gasteiger partial charge < -0.3 is 0 Å². The second-order valence-corrected chi connectivity index (χ2v) is 4.05. The Morgan fingerprint density at radius 3 is 2.73 bits per heavy atom. The first kappa shape index (κ1) is 9.36. The average molecular weight is 256 g/mol. The van der Waals surface area contributed by atoms with E-state index in [1.54, 1.807) is 6.07 Å². The third-order valence-corrected chi connectivity index (χ3v) is 2.90. The van der Waals surface area contributed by atoms with E-state index in [1.165, 1.54) is 17.8 Å². The van der Waals surface area contributed by atoms with E-state index in [4.69, 9.17) is 11.6 Å². The maximum absolute atomic E-state index is 12.9. The van der Waals surface area contributed by atoms with Crippen LogP contribution < -0.4 is 0 Å². The molecule has 0 aliphatic carbocycles. The highest BCUT2D eigenvalue weighted by Gasteiger charge is 2.06. The van der Waals surface area contributed by atoms with Gasteiger partial charge in [-0.1, -0.05) is 27.5 Å². The lowest BCUT2D eigenvalue weighted by atomic mass is 10.3. The van der Waals surface area contributed by atoms with E-state index in [-0.39, 0.29) is 10.8 Å². The number of hydrogen-bond acceptors (Lipinski definition) is 1. The lowest BCUT2D eigenvalue weighted by molar-refractivity contribution is 0.624. The van der Waals surface area contributed by atoms with E-state index in [2.05, 4.69) is 15.9 Å². The van der Waals surface area contributed by atoms with Crippen LogP contribution in [0.3, 0.4) is 0 Å². The summed E-state index contributed by atoms with van der Waals surface area (Å²) in [6.45, 7) is 0. The third-order valence-electron chi connectivity index (χ3n) is 1.18. The molecule has 0 fully saturated rings. The van der Waals surface area contributed by atoms with Crippen LogP contribution in [-0.2, 0) is 0 Å². The van der Waals surface area contributed by atoms with Gasteiger partial charge in [-0.3, -0.25) is 0 Å². The van der Waals surface area contributed by atoms with Gasteiger partial charge in [0.15, 0.2) is 0 Å². The Hall–Kier alpha value is 0.270. The molecular weight excluding hydrogens is 250 g/mol. The van der Waals surface area contributed by atoms with E-state index >= 15 is 0 Å². The van der Waals surface area contributed by atoms with Crippen molar-refractivity contribution in [1.29, 1.82) is 0 Å². The van der Waals surface area contributed by atoms with Gasteiger partial charge in [0.1, 0.15) is 5.82 Å². The Morgan fingerprint density at radius 1 is 1.55 bits per heavy atom. The summed E-state index contributed by atoms with van der Waals surface area (Å²) in [6.07, 6.45) is 1.85. The van der Waals surface area contributed by atoms with Gasteiger partial charge in [0.25, 0.3) is 0 Å². The topological polar surface area (TPSA) is 0 Å². The predicted octanol–water partition coefficient (Wildman–Crippen LogP) is 3.96. The van der Waals surface area contributed by atoms with Crippen LogP contribution in [0.2, 0.25) is 5.02 Å². The molecule has 1 aromatic carbocycles. The summed E-state index contributed by atoms with van der Waals surface area (Å²) in [7, 11) is 0. The summed E-state index contributed by atoms with van der Waals surface area (Å²) < 4.78 is 13.6. The van der Waals surface area contributed by atoms with Crippen LogP contribution in [0.4, 0.5) is 4.39 Å². The van der Waals surface area contributed by atoms with E-state index in [9.17, 15) is 4.39 Å². The molecule has 1 rings (SSSR count). The molecule has 0 aliphatic rings. The maximum atomic E-state index is 12.9. The van der Waals surface area contributed by atoms with Crippen LogP contribution in [0, 0.1) is 5.82 Å². The second-order valence-electron chi connectivity index (χ2n) is 1.90. The summed E-state index contributed by atoms with van der Waals surface area (Å²) in [5, 5.41) is 0.195. The van der Waals surface area contributed by atoms with E-state index in [0.717, 1.165) is 4.90 Å². The third kappa shape index (κ3) is 2.10. The van der Waals surface area contributed by atoms with Gasteiger partial charge in [-0.05, 0) is 18.4 Å². The number of rotatable bonds is 1. The Morgan fingerprint density at radius 2 is 2.18 bits per heavy atom. The normalized spacial score (nSPS) is 10.2. The molecule has 0 bridgehead atoms. The summed E-state index contributed by atoms with van der Waals surface area (Å²) in [5.41, 5.74) is 0. The van der Waals surface area contributed by atoms with Crippen molar-refractivity contribution in [3.8, 4) is 0 Å². The zero-order valence-corrected chi connectivity index (χ0v) is 8.86. The molecule has 60 valence electrons. The van der Waals surface area contributed by atoms with Crippen molar-refractivity contribution < 1.29 is 4.39 Å². The summed E-state index contributed by atoms with van der Waals surface area (Å²) in [4.78, 5) is 0.749. The zero-order valence-electron chi connectivity index (χ0n) is 5.70. The fourth-order valence-electron chi connectivity index (χ4n) is 0.681. The highest BCUT2D eigenvalue weighted by atomic mass is 79.9. The summed E-state index contributed by atoms with van der Waals surface area (Å²) >= 11 is 10.2. The Bertz CT molecular complexity index is 277. The molecule has 0 radical (unpaired) electrons. The van der Waals surface area contributed by atoms with Gasteiger partial charge in [0, 0.05) is 9.37 Å². The minimum Gasteiger partial charge on any atom is -0.205 e. The minimum atomic E-state index is -0.384. The van der Waals surface area contributed by atoms with Crippen molar-refractivity contribution in [3.63, 3.8) is 0 Å². The lowest BCUT2D eigenvalue weighted by Crippen LogP contribution is -1.80. The van der Waals surface area contributed by atoms with Gasteiger partial charge in [-0.25, -0.2) is 4.39 Å². The minimum absolute atomic E-state index is 0.195. The van der Waals surface area contributed by atoms with Crippen molar-refractivity contribution in [2.24, 2.45) is 0 Å². The maximum Gasteiger partial charge on any atom is 0.144 e. The van der Waals surface area contributed by atoms with E-state index in [1.807, 2.05) is 6.26 Å². The first-order valence-corrected chi connectivity index (χ1v) is 5.23. The second kappa shape index (κ2) is 3.78. The fraction of sp³-hybridized carbons (Fsp3) is 0.143. The Labute approximate surface area is 82.3 Å². The molecule has 4 heteroatoms. The van der Waals surface area contributed by atoms with Crippen molar-refractivity contribution >= 4 is 39.3 Å². The molecule has 0 N–H and O–H groups in total. The standard InChI is InChI=1S/C7H5BrClFS/c1-11-6-3-4(8)2-5(10)7(6)9/h2-3H,1H3.